The first-order valence-electron chi connectivity index (χ1n) is 42.7. The molecule has 0 atom stereocenters. The number of nitrogens with zero attached hydrogens (tertiary/aromatic N) is 4. The van der Waals surface area contributed by atoms with Crippen molar-refractivity contribution in [3.8, 4) is 46.0 Å². The fourth-order valence-corrected chi connectivity index (χ4v) is 17.9. The number of ketones is 4. The van der Waals surface area contributed by atoms with Crippen molar-refractivity contribution in [3.05, 3.63) is 352 Å². The molecule has 3 amide bonds. The van der Waals surface area contributed by atoms with Gasteiger partial charge in [-0.3, -0.25) is 67.9 Å². The van der Waals surface area contributed by atoms with Crippen LogP contribution in [0.2, 0.25) is 0 Å². The molecular formula is C104H83F5N7NaO19S4. The van der Waals surface area contributed by atoms with Crippen LogP contribution in [0.3, 0.4) is 0 Å². The number of benzene rings is 8. The monoisotopic (exact) mass is 1980 g/mol. The molecule has 16 rings (SSSR count). The number of ether oxygens (including phenoxy) is 4. The van der Waals surface area contributed by atoms with Gasteiger partial charge in [0.15, 0.2) is 0 Å². The van der Waals surface area contributed by atoms with Gasteiger partial charge in [-0.25, -0.2) is 22.0 Å². The molecule has 0 aliphatic carbocycles. The minimum atomic E-state index is -1.26. The number of aromatic nitrogens is 4. The minimum Gasteiger partial charge on any atom is -0.544 e. The first kappa shape index (κ1) is 104. The number of rotatable bonds is 36. The molecule has 16 aromatic rings. The van der Waals surface area contributed by atoms with Crippen molar-refractivity contribution < 1.29 is 144 Å². The van der Waals surface area contributed by atoms with Crippen molar-refractivity contribution in [2.24, 2.45) is 0 Å². The molecule has 0 fully saturated rings. The summed E-state index contributed by atoms with van der Waals surface area (Å²) in [5.41, 5.74) is 9.70. The first-order valence-corrected chi connectivity index (χ1v) is 46.0. The van der Waals surface area contributed by atoms with E-state index in [4.69, 9.17) is 34.3 Å². The average Bonchev–Trinajstić information content (AvgIpc) is 1.63. The van der Waals surface area contributed by atoms with Gasteiger partial charge in [-0.1, -0.05) is 113 Å². The van der Waals surface area contributed by atoms with E-state index in [9.17, 15) is 79.8 Å². The zero-order chi connectivity index (χ0) is 99.1. The Labute approximate surface area is 834 Å². The number of aromatic carboxylic acids is 1. The zero-order valence-electron chi connectivity index (χ0n) is 75.4. The Morgan fingerprint density at radius 3 is 0.893 bits per heavy atom. The summed E-state index contributed by atoms with van der Waals surface area (Å²) in [6.07, 6.45) is 6.82. The van der Waals surface area contributed by atoms with Gasteiger partial charge in [0, 0.05) is 119 Å². The molecule has 8 aromatic heterocycles. The molecule has 0 radical (unpaired) electrons. The summed E-state index contributed by atoms with van der Waals surface area (Å²) < 4.78 is 96.7. The summed E-state index contributed by atoms with van der Waals surface area (Å²) in [6.45, 7) is 6.65. The Bertz CT molecular complexity index is 7360. The number of thiophene rings is 4. The fourth-order valence-electron chi connectivity index (χ4n) is 14.1. The van der Waals surface area contributed by atoms with Crippen LogP contribution in [0.4, 0.5) is 22.0 Å². The number of nitrogens with one attached hydrogen (secondary N) is 3. The van der Waals surface area contributed by atoms with Crippen LogP contribution in [0.1, 0.15) is 118 Å². The third-order valence-corrected chi connectivity index (χ3v) is 25.2. The topological polar surface area (TPSA) is 396 Å². The SMILES string of the molecule is Cc1ccc(F)c(CC(=O)Cc2ccc(Oc3ccnc4cc(C(=O)NCC(=O)O)sc34)cc2)c1.Cc1ccc(F)c(CC(=O)Cc2ccc(Oc3ccnc4cc(C(=O)NCC(=O)O)sc34)cc2F)c1.Cc1ccc(F)c(CC(=O)Cc2ccc(Oc3ccnc4cc(C(=O)NCCCC(=O)O)sc34)cc2)c1.Cc1ccc(F)c(CC(=O)Cc2ccc(Oc3ccnc4cc(C(=O)[O-])sc34)cc2)c1.[Na+]. The number of carbonyl (C=O) groups excluding carboxylic acids is 8. The Kier molecular flexibility index (Phi) is 36.3. The molecule has 0 spiro atoms. The van der Waals surface area contributed by atoms with E-state index in [0.717, 1.165) is 79.0 Å². The van der Waals surface area contributed by atoms with Crippen LogP contribution in [0.15, 0.2) is 237 Å². The number of aryl methyl sites for hydroxylation is 4. The fraction of sp³-hybridized carbons (Fsp3) is 0.163. The second kappa shape index (κ2) is 48.8. The van der Waals surface area contributed by atoms with E-state index in [-0.39, 0.29) is 167 Å². The summed E-state index contributed by atoms with van der Waals surface area (Å²) in [4.78, 5) is 148. The molecule has 0 aliphatic heterocycles. The summed E-state index contributed by atoms with van der Waals surface area (Å²) >= 11 is 4.49. The molecule has 0 saturated heterocycles. The van der Waals surface area contributed by atoms with E-state index in [1.807, 2.05) is 20.8 Å². The summed E-state index contributed by atoms with van der Waals surface area (Å²) in [5.74, 6) is -4.98. The standard InChI is InChI=1S/C28H25FN2O5S.C26H20F2N2O5S.C26H21FN2O5S.C24H18FNO4S.Na/c1-17-4-9-22(29)19(13-17)15-20(32)14-18-5-7-21(8-6-18)36-24-10-12-30-23-16-25(37-27(23)24)28(35)31-11-2-3-26(33)34;1-14-2-5-19(27)16(8-14)10-17(31)9-15-3-4-18(11-20(15)28)35-22-6-7-29-21-12-23(36-25(21)22)26(34)30-13-24(32)33;1-15-2-7-20(27)17(10-15)12-18(30)11-16-3-5-19(6-4-16)34-22-8-9-28-21-13-23(35-25(21)22)26(33)29-14-24(31)32;1-14-2-7-19(25)16(10-14)12-17(27)11-15-3-5-18(6-4-15)30-21-8-9-26-20-13-22(24(28)29)31-23(20)21;/h4-10,12-13,16H,2-3,11,14-15H2,1H3,(H,31,35)(H,33,34);2-8,11-12H,9-10,13H2,1H3,(H,30,34)(H,32,33);2-10,13H,11-12,14H2,1H3,(H,29,33)(H,31,32);2-10,13H,11-12H2,1H3,(H,28,29);/q;;;;+1/p-1. The molecule has 708 valence electrons. The number of amides is 3. The molecule has 0 bridgehead atoms. The number of carbonyl (C=O) groups is 11. The van der Waals surface area contributed by atoms with Crippen molar-refractivity contribution in [2.45, 2.75) is 91.9 Å². The van der Waals surface area contributed by atoms with Gasteiger partial charge in [0.1, 0.15) is 111 Å². The molecular weight excluding hydrogens is 1900 g/mol. The van der Waals surface area contributed by atoms with Crippen LogP contribution in [0, 0.1) is 56.8 Å². The van der Waals surface area contributed by atoms with Gasteiger partial charge >= 0.3 is 47.5 Å². The number of carboxylic acids is 4. The predicted octanol–water partition coefficient (Wildman–Crippen LogP) is 16.3. The van der Waals surface area contributed by atoms with Gasteiger partial charge in [-0.05, 0) is 170 Å². The smallest absolute Gasteiger partial charge is 0.544 e. The molecule has 36 heteroatoms. The third kappa shape index (κ3) is 29.5. The summed E-state index contributed by atoms with van der Waals surface area (Å²) in [7, 11) is 0. The molecule has 8 aromatic carbocycles. The first-order chi connectivity index (χ1) is 66.6. The molecule has 0 aliphatic rings. The Morgan fingerprint density at radius 2 is 0.593 bits per heavy atom. The van der Waals surface area contributed by atoms with Gasteiger partial charge in [0.2, 0.25) is 0 Å². The number of aliphatic carboxylic acids is 3. The average molecular weight is 1980 g/mol. The number of carboxylic acid groups (broad SMARTS) is 4. The minimum absolute atomic E-state index is 0. The number of pyridine rings is 4. The molecule has 140 heavy (non-hydrogen) atoms. The number of hydrogen-bond donors (Lipinski definition) is 6. The van der Waals surface area contributed by atoms with Crippen LogP contribution in [0.25, 0.3) is 40.9 Å². The molecule has 0 saturated carbocycles. The largest absolute Gasteiger partial charge is 1.00 e. The van der Waals surface area contributed by atoms with Crippen molar-refractivity contribution in [1.29, 1.82) is 0 Å². The Balaban J connectivity index is 0.000000167. The molecule has 0 unspecified atom stereocenters. The maximum absolute atomic E-state index is 14.8. The Hall–Kier alpha value is -15.0. The van der Waals surface area contributed by atoms with Crippen LogP contribution in [-0.2, 0) is 84.9 Å². The van der Waals surface area contributed by atoms with E-state index >= 15 is 0 Å². The van der Waals surface area contributed by atoms with Crippen molar-refractivity contribution >= 4 is 151 Å². The number of hydrogen-bond acceptors (Lipinski definition) is 24. The van der Waals surface area contributed by atoms with E-state index < -0.39 is 60.4 Å². The van der Waals surface area contributed by atoms with Crippen molar-refractivity contribution in [1.82, 2.24) is 35.9 Å². The number of fused-ring (bicyclic) bond motifs is 4. The van der Waals surface area contributed by atoms with Crippen molar-refractivity contribution in [3.63, 3.8) is 0 Å². The zero-order valence-corrected chi connectivity index (χ0v) is 80.7. The Morgan fingerprint density at radius 1 is 0.314 bits per heavy atom. The van der Waals surface area contributed by atoms with E-state index in [2.05, 4.69) is 35.9 Å². The quantitative estimate of drug-likeness (QED) is 0.0121. The van der Waals surface area contributed by atoms with Gasteiger partial charge < -0.3 is 60.1 Å². The third-order valence-electron chi connectivity index (χ3n) is 20.7. The number of Topliss-reactive ketones (excluding diaryl/α,β-unsaturated/α-hetero) is 4. The van der Waals surface area contributed by atoms with E-state index in [0.29, 0.717) is 114 Å². The van der Waals surface area contributed by atoms with E-state index in [1.165, 1.54) is 66.1 Å². The van der Waals surface area contributed by atoms with E-state index in [1.54, 1.807) is 183 Å². The normalized spacial score (nSPS) is 10.8. The maximum atomic E-state index is 14.8. The second-order valence-electron chi connectivity index (χ2n) is 31.8. The van der Waals surface area contributed by atoms with Gasteiger partial charge in [-0.15, -0.1) is 45.3 Å². The van der Waals surface area contributed by atoms with Gasteiger partial charge in [-0.2, -0.15) is 0 Å². The van der Waals surface area contributed by atoms with Crippen LogP contribution < -0.4 is 69.6 Å². The number of halogens is 5. The van der Waals surface area contributed by atoms with Crippen LogP contribution in [-0.4, -0.2) is 120 Å². The summed E-state index contributed by atoms with van der Waals surface area (Å²) in [5, 5.41) is 44.6. The molecule has 8 heterocycles. The van der Waals surface area contributed by atoms with Crippen LogP contribution >= 0.6 is 45.3 Å². The van der Waals surface area contributed by atoms with Gasteiger partial charge in [0.05, 0.1) is 66.3 Å². The van der Waals surface area contributed by atoms with Gasteiger partial charge in [0.25, 0.3) is 17.7 Å². The van der Waals surface area contributed by atoms with Crippen molar-refractivity contribution in [2.75, 3.05) is 19.6 Å². The molecule has 6 N–H and O–H groups in total. The molecule has 26 nitrogen and oxygen atoms in total. The van der Waals surface area contributed by atoms with Crippen LogP contribution in [0.5, 0.6) is 46.0 Å². The predicted molar refractivity (Wildman–Crippen MR) is 512 cm³/mol. The summed E-state index contributed by atoms with van der Waals surface area (Å²) in [6, 6.07) is 56.8. The maximum Gasteiger partial charge on any atom is 1.00 e. The second-order valence-corrected chi connectivity index (χ2v) is 36.0.